The van der Waals surface area contributed by atoms with E-state index >= 15 is 0 Å². The van der Waals surface area contributed by atoms with Gasteiger partial charge in [-0.2, -0.15) is 0 Å². The van der Waals surface area contributed by atoms with Gasteiger partial charge in [-0.1, -0.05) is 6.07 Å². The van der Waals surface area contributed by atoms with E-state index in [0.717, 1.165) is 0 Å². The summed E-state index contributed by atoms with van der Waals surface area (Å²) < 4.78 is 13.1. The zero-order valence-electron chi connectivity index (χ0n) is 13.5. The van der Waals surface area contributed by atoms with Crippen LogP contribution in [0.4, 0.5) is 10.1 Å². The molecular formula is C16H23FN4O2. The third-order valence-electron chi connectivity index (χ3n) is 4.03. The number of rotatable bonds is 4. The molecule has 3 N–H and O–H groups in total. The van der Waals surface area contributed by atoms with Crippen LogP contribution in [0.1, 0.15) is 13.8 Å². The fourth-order valence-corrected chi connectivity index (χ4v) is 2.60. The van der Waals surface area contributed by atoms with Crippen LogP contribution in [0.2, 0.25) is 0 Å². The Hall–Kier alpha value is -1.99. The number of carbonyl (C=O) groups is 2. The first-order valence-electron chi connectivity index (χ1n) is 7.73. The second kappa shape index (κ2) is 7.52. The Bertz CT molecular complexity index is 571. The van der Waals surface area contributed by atoms with E-state index in [2.05, 4.69) is 5.32 Å². The molecule has 1 unspecified atom stereocenters. The van der Waals surface area contributed by atoms with Crippen molar-refractivity contribution < 1.29 is 14.0 Å². The molecule has 1 aliphatic heterocycles. The predicted octanol–water partition coefficient (Wildman–Crippen LogP) is 0.644. The first-order chi connectivity index (χ1) is 10.9. The number of carbonyl (C=O) groups excluding carboxylic acids is 2. The highest BCUT2D eigenvalue weighted by Crippen LogP contribution is 2.12. The first kappa shape index (κ1) is 17.4. The van der Waals surface area contributed by atoms with Crippen LogP contribution in [-0.2, 0) is 9.59 Å². The normalized spacial score (nSPS) is 18.3. The lowest BCUT2D eigenvalue weighted by atomic mass is 10.2. The van der Waals surface area contributed by atoms with Crippen molar-refractivity contribution in [1.82, 2.24) is 9.80 Å². The molecule has 1 aliphatic rings. The summed E-state index contributed by atoms with van der Waals surface area (Å²) in [5, 5.41) is 2.71. The van der Waals surface area contributed by atoms with Gasteiger partial charge in [0.1, 0.15) is 5.82 Å². The van der Waals surface area contributed by atoms with Crippen LogP contribution < -0.4 is 11.1 Å². The third kappa shape index (κ3) is 4.49. The van der Waals surface area contributed by atoms with E-state index in [1.54, 1.807) is 30.9 Å². The lowest BCUT2D eigenvalue weighted by molar-refractivity contribution is -0.134. The number of hydrogen-bond acceptors (Lipinski definition) is 4. The summed E-state index contributed by atoms with van der Waals surface area (Å²) in [7, 11) is 0. The Morgan fingerprint density at radius 2 is 1.87 bits per heavy atom. The van der Waals surface area contributed by atoms with Crippen molar-refractivity contribution in [2.45, 2.75) is 25.9 Å². The van der Waals surface area contributed by atoms with E-state index in [4.69, 9.17) is 5.73 Å². The summed E-state index contributed by atoms with van der Waals surface area (Å²) in [5.41, 5.74) is 6.05. The van der Waals surface area contributed by atoms with Crippen LogP contribution in [0.5, 0.6) is 0 Å². The number of nitrogens with two attached hydrogens (primary N) is 1. The molecule has 0 aromatic heterocycles. The number of halogens is 1. The minimum Gasteiger partial charge on any atom is -0.339 e. The maximum atomic E-state index is 13.1. The van der Waals surface area contributed by atoms with Gasteiger partial charge in [-0.05, 0) is 32.0 Å². The van der Waals surface area contributed by atoms with E-state index in [0.29, 0.717) is 31.9 Å². The Kier molecular flexibility index (Phi) is 5.68. The quantitative estimate of drug-likeness (QED) is 0.853. The fraction of sp³-hybridized carbons (Fsp3) is 0.500. The highest BCUT2D eigenvalue weighted by atomic mass is 19.1. The molecule has 1 saturated heterocycles. The van der Waals surface area contributed by atoms with Gasteiger partial charge in [-0.3, -0.25) is 14.5 Å². The molecule has 1 heterocycles. The van der Waals surface area contributed by atoms with Crippen LogP contribution >= 0.6 is 0 Å². The minimum atomic E-state index is -0.504. The Morgan fingerprint density at radius 1 is 1.22 bits per heavy atom. The Morgan fingerprint density at radius 3 is 2.43 bits per heavy atom. The number of hydrogen-bond donors (Lipinski definition) is 2. The number of amides is 2. The number of benzene rings is 1. The molecule has 2 atom stereocenters. The number of anilines is 1. The molecule has 0 radical (unpaired) electrons. The van der Waals surface area contributed by atoms with Gasteiger partial charge in [0.2, 0.25) is 11.8 Å². The largest absolute Gasteiger partial charge is 0.339 e. The molecule has 0 saturated carbocycles. The highest BCUT2D eigenvalue weighted by molar-refractivity contribution is 5.94. The molecule has 1 aromatic carbocycles. The Balaban J connectivity index is 1.88. The van der Waals surface area contributed by atoms with Crippen molar-refractivity contribution in [3.05, 3.63) is 30.1 Å². The molecule has 0 spiro atoms. The van der Waals surface area contributed by atoms with Crippen molar-refractivity contribution >= 4 is 17.5 Å². The summed E-state index contributed by atoms with van der Waals surface area (Å²) in [6, 6.07) is 4.94. The van der Waals surface area contributed by atoms with E-state index in [-0.39, 0.29) is 17.9 Å². The van der Waals surface area contributed by atoms with Gasteiger partial charge in [0.15, 0.2) is 0 Å². The lowest BCUT2D eigenvalue weighted by Crippen LogP contribution is -2.56. The van der Waals surface area contributed by atoms with Crippen molar-refractivity contribution in [2.24, 2.45) is 5.73 Å². The van der Waals surface area contributed by atoms with E-state index in [1.165, 1.54) is 12.1 Å². The number of nitrogens with one attached hydrogen (secondary N) is 1. The van der Waals surface area contributed by atoms with Gasteiger partial charge in [-0.25, -0.2) is 4.39 Å². The average Bonchev–Trinajstić information content (AvgIpc) is 2.53. The summed E-state index contributed by atoms with van der Waals surface area (Å²) in [5.74, 6) is -0.650. The van der Waals surface area contributed by atoms with Crippen LogP contribution in [0.15, 0.2) is 24.3 Å². The lowest BCUT2D eigenvalue weighted by Gasteiger charge is -2.38. The van der Waals surface area contributed by atoms with E-state index < -0.39 is 11.9 Å². The van der Waals surface area contributed by atoms with Gasteiger partial charge in [0.25, 0.3) is 0 Å². The van der Waals surface area contributed by atoms with Crippen LogP contribution in [0, 0.1) is 5.82 Å². The zero-order chi connectivity index (χ0) is 17.0. The van der Waals surface area contributed by atoms with Gasteiger partial charge < -0.3 is 16.0 Å². The minimum absolute atomic E-state index is 0.0680. The molecule has 1 aromatic rings. The molecule has 1 fully saturated rings. The number of nitrogens with zero attached hydrogens (tertiary/aromatic N) is 2. The average molecular weight is 322 g/mol. The summed E-state index contributed by atoms with van der Waals surface area (Å²) in [4.78, 5) is 27.8. The maximum absolute atomic E-state index is 13.1. The smallest absolute Gasteiger partial charge is 0.241 e. The summed E-state index contributed by atoms with van der Waals surface area (Å²) in [6.07, 6.45) is 0. The highest BCUT2D eigenvalue weighted by Gasteiger charge is 2.28. The third-order valence-corrected chi connectivity index (χ3v) is 4.03. The molecule has 0 bridgehead atoms. The van der Waals surface area contributed by atoms with Gasteiger partial charge in [0.05, 0.1) is 12.1 Å². The molecule has 23 heavy (non-hydrogen) atoms. The Labute approximate surface area is 135 Å². The molecular weight excluding hydrogens is 299 g/mol. The monoisotopic (exact) mass is 322 g/mol. The predicted molar refractivity (Wildman–Crippen MR) is 86.3 cm³/mol. The molecule has 7 heteroatoms. The standard InChI is InChI=1S/C16H23FN4O2/c1-11(18)16(23)21-8-6-20(7-9-21)12(2)15(22)19-14-5-3-4-13(17)10-14/h3-5,10-12H,6-9,18H2,1-2H3,(H,19,22)/t11-,12?/m1/s1. The summed E-state index contributed by atoms with van der Waals surface area (Å²) in [6.45, 7) is 5.80. The summed E-state index contributed by atoms with van der Waals surface area (Å²) >= 11 is 0. The fourth-order valence-electron chi connectivity index (χ4n) is 2.60. The van der Waals surface area contributed by atoms with Crippen molar-refractivity contribution in [3.63, 3.8) is 0 Å². The molecule has 126 valence electrons. The van der Waals surface area contributed by atoms with Gasteiger partial charge in [0, 0.05) is 31.9 Å². The second-order valence-electron chi connectivity index (χ2n) is 5.83. The molecule has 6 nitrogen and oxygen atoms in total. The van der Waals surface area contributed by atoms with E-state index in [9.17, 15) is 14.0 Å². The SMILES string of the molecule is CC(C(=O)Nc1cccc(F)c1)N1CCN(C(=O)[C@@H](C)N)CC1. The second-order valence-corrected chi connectivity index (χ2v) is 5.83. The van der Waals surface area contributed by atoms with E-state index in [1.807, 2.05) is 4.90 Å². The molecule has 0 aliphatic carbocycles. The molecule has 2 amide bonds. The van der Waals surface area contributed by atoms with Gasteiger partial charge in [-0.15, -0.1) is 0 Å². The molecule has 2 rings (SSSR count). The van der Waals surface area contributed by atoms with Crippen LogP contribution in [0.3, 0.4) is 0 Å². The topological polar surface area (TPSA) is 78.7 Å². The van der Waals surface area contributed by atoms with Gasteiger partial charge >= 0.3 is 0 Å². The maximum Gasteiger partial charge on any atom is 0.241 e. The first-order valence-corrected chi connectivity index (χ1v) is 7.73. The van der Waals surface area contributed by atoms with Crippen molar-refractivity contribution in [1.29, 1.82) is 0 Å². The van der Waals surface area contributed by atoms with Crippen LogP contribution in [0.25, 0.3) is 0 Å². The van der Waals surface area contributed by atoms with Crippen LogP contribution in [-0.4, -0.2) is 59.9 Å². The van der Waals surface area contributed by atoms with Crippen molar-refractivity contribution in [3.8, 4) is 0 Å². The number of piperazine rings is 1. The zero-order valence-corrected chi connectivity index (χ0v) is 13.5. The van der Waals surface area contributed by atoms with Crippen molar-refractivity contribution in [2.75, 3.05) is 31.5 Å².